The van der Waals surface area contributed by atoms with Crippen LogP contribution in [0.15, 0.2) is 6.20 Å². The van der Waals surface area contributed by atoms with Crippen LogP contribution in [0.25, 0.3) is 11.4 Å². The molecule has 1 aliphatic heterocycles. The molecule has 3 heterocycles. The third kappa shape index (κ3) is 3.34. The number of anilines is 1. The highest BCUT2D eigenvalue weighted by Crippen LogP contribution is 2.32. The van der Waals surface area contributed by atoms with Gasteiger partial charge in [0.2, 0.25) is 16.0 Å². The first-order valence-corrected chi connectivity index (χ1v) is 11.1. The van der Waals surface area contributed by atoms with Crippen molar-refractivity contribution < 1.29 is 8.42 Å². The third-order valence-corrected chi connectivity index (χ3v) is 7.54. The van der Waals surface area contributed by atoms with Crippen molar-refractivity contribution in [3.05, 3.63) is 23.3 Å². The Labute approximate surface area is 160 Å². The van der Waals surface area contributed by atoms with Gasteiger partial charge >= 0.3 is 0 Å². The highest BCUT2D eigenvalue weighted by Gasteiger charge is 2.28. The summed E-state index contributed by atoms with van der Waals surface area (Å²) in [6, 6.07) is 0.183. The molecule has 0 unspecified atom stereocenters. The smallest absolute Gasteiger partial charge is 0.223 e. The van der Waals surface area contributed by atoms with Crippen LogP contribution in [0.4, 0.5) is 5.95 Å². The Kier molecular flexibility index (Phi) is 4.67. The molecule has 27 heavy (non-hydrogen) atoms. The Morgan fingerprint density at radius 2 is 1.96 bits per heavy atom. The van der Waals surface area contributed by atoms with Crippen molar-refractivity contribution in [1.29, 1.82) is 0 Å². The molecule has 1 aliphatic carbocycles. The normalized spacial score (nSPS) is 18.2. The van der Waals surface area contributed by atoms with Crippen molar-refractivity contribution in [2.24, 2.45) is 7.05 Å². The molecule has 0 atom stereocenters. The van der Waals surface area contributed by atoms with Crippen molar-refractivity contribution in [1.82, 2.24) is 23.8 Å². The van der Waals surface area contributed by atoms with E-state index in [0.29, 0.717) is 19.0 Å². The van der Waals surface area contributed by atoms with Crippen LogP contribution in [-0.4, -0.2) is 57.1 Å². The highest BCUT2D eigenvalue weighted by molar-refractivity contribution is 7.89. The molecule has 2 aromatic rings. The summed E-state index contributed by atoms with van der Waals surface area (Å²) in [6.07, 6.45) is 5.26. The molecule has 146 valence electrons. The van der Waals surface area contributed by atoms with E-state index in [4.69, 9.17) is 4.98 Å². The highest BCUT2D eigenvalue weighted by atomic mass is 32.2. The minimum absolute atomic E-state index is 0.158. The van der Waals surface area contributed by atoms with Crippen LogP contribution in [0.3, 0.4) is 0 Å². The van der Waals surface area contributed by atoms with E-state index in [0.717, 1.165) is 54.2 Å². The van der Waals surface area contributed by atoms with Crippen molar-refractivity contribution >= 4 is 16.0 Å². The van der Waals surface area contributed by atoms with E-state index in [-0.39, 0.29) is 11.8 Å². The number of sulfonamides is 1. The number of aromatic nitrogens is 4. The molecular weight excluding hydrogens is 364 g/mol. The summed E-state index contributed by atoms with van der Waals surface area (Å²) in [4.78, 5) is 13.9. The van der Waals surface area contributed by atoms with Crippen LogP contribution < -0.4 is 5.32 Å². The lowest BCUT2D eigenvalue weighted by molar-refractivity contribution is 0.329. The van der Waals surface area contributed by atoms with Gasteiger partial charge in [0.15, 0.2) is 0 Å². The number of aryl methyl sites for hydroxylation is 3. The summed E-state index contributed by atoms with van der Waals surface area (Å²) in [6.45, 7) is 4.79. The molecule has 0 bridgehead atoms. The maximum absolute atomic E-state index is 12.0. The molecule has 1 saturated heterocycles. The number of hydrogen-bond donors (Lipinski definition) is 1. The summed E-state index contributed by atoms with van der Waals surface area (Å²) in [7, 11) is -1.08. The molecule has 4 rings (SSSR count). The van der Waals surface area contributed by atoms with E-state index >= 15 is 0 Å². The predicted octanol–water partition coefficient (Wildman–Crippen LogP) is 1.51. The number of rotatable bonds is 4. The van der Waals surface area contributed by atoms with Gasteiger partial charge in [0.1, 0.15) is 5.82 Å². The first-order chi connectivity index (χ1) is 12.9. The molecule has 8 nitrogen and oxygen atoms in total. The molecule has 1 N–H and O–H groups in total. The Bertz CT molecular complexity index is 960. The number of hydrogen-bond acceptors (Lipinski definition) is 6. The summed E-state index contributed by atoms with van der Waals surface area (Å²) >= 11 is 0. The molecule has 0 amide bonds. The zero-order chi connectivity index (χ0) is 19.2. The Morgan fingerprint density at radius 3 is 2.67 bits per heavy atom. The lowest BCUT2D eigenvalue weighted by Crippen LogP contribution is -2.43. The second kappa shape index (κ2) is 6.87. The van der Waals surface area contributed by atoms with E-state index in [1.807, 2.05) is 20.2 Å². The average molecular weight is 391 g/mol. The average Bonchev–Trinajstić information content (AvgIpc) is 2.96. The zero-order valence-corrected chi connectivity index (χ0v) is 16.9. The fourth-order valence-corrected chi connectivity index (χ4v) is 5.04. The van der Waals surface area contributed by atoms with Gasteiger partial charge in [-0.05, 0) is 45.1 Å². The SMILES string of the molecule is CCS(=O)(=O)N1CCC(Nc2ncc3c(n2)-c2c(nc(C)n2C)CC3)CC1. The van der Waals surface area contributed by atoms with Crippen LogP contribution in [0.2, 0.25) is 0 Å². The molecule has 1 fully saturated rings. The fraction of sp³-hybridized carbons (Fsp3) is 0.611. The minimum Gasteiger partial charge on any atom is -0.351 e. The lowest BCUT2D eigenvalue weighted by Gasteiger charge is -2.31. The van der Waals surface area contributed by atoms with Gasteiger partial charge in [-0.1, -0.05) is 0 Å². The van der Waals surface area contributed by atoms with Crippen LogP contribution in [-0.2, 0) is 29.9 Å². The van der Waals surface area contributed by atoms with E-state index in [1.54, 1.807) is 11.2 Å². The van der Waals surface area contributed by atoms with Gasteiger partial charge in [-0.25, -0.2) is 27.7 Å². The topological polar surface area (TPSA) is 93.0 Å². The van der Waals surface area contributed by atoms with Crippen LogP contribution in [0, 0.1) is 6.92 Å². The molecular formula is C18H26N6O2S. The number of imidazole rings is 1. The van der Waals surface area contributed by atoms with Gasteiger partial charge < -0.3 is 9.88 Å². The van der Waals surface area contributed by atoms with Crippen molar-refractivity contribution in [3.8, 4) is 11.4 Å². The Balaban J connectivity index is 1.51. The van der Waals surface area contributed by atoms with E-state index in [1.165, 1.54) is 0 Å². The fourth-order valence-electron chi connectivity index (χ4n) is 3.91. The summed E-state index contributed by atoms with van der Waals surface area (Å²) in [5, 5.41) is 3.40. The van der Waals surface area contributed by atoms with E-state index in [2.05, 4.69) is 19.9 Å². The molecule has 0 radical (unpaired) electrons. The predicted molar refractivity (Wildman–Crippen MR) is 104 cm³/mol. The number of nitrogens with zero attached hydrogens (tertiary/aromatic N) is 5. The Hall–Kier alpha value is -2.00. The third-order valence-electron chi connectivity index (χ3n) is 5.66. The Morgan fingerprint density at radius 1 is 1.22 bits per heavy atom. The van der Waals surface area contributed by atoms with Gasteiger partial charge in [0.05, 0.1) is 22.8 Å². The van der Waals surface area contributed by atoms with E-state index in [9.17, 15) is 8.42 Å². The van der Waals surface area contributed by atoms with Gasteiger partial charge in [-0.15, -0.1) is 0 Å². The maximum atomic E-state index is 12.0. The monoisotopic (exact) mass is 390 g/mol. The summed E-state index contributed by atoms with van der Waals surface area (Å²) < 4.78 is 27.7. The largest absolute Gasteiger partial charge is 0.351 e. The number of nitrogens with one attached hydrogen (secondary N) is 1. The lowest BCUT2D eigenvalue weighted by atomic mass is 9.98. The first kappa shape index (κ1) is 18.4. The van der Waals surface area contributed by atoms with Crippen molar-refractivity contribution in [3.63, 3.8) is 0 Å². The molecule has 0 aromatic carbocycles. The van der Waals surface area contributed by atoms with E-state index < -0.39 is 10.0 Å². The second-order valence-electron chi connectivity index (χ2n) is 7.30. The quantitative estimate of drug-likeness (QED) is 0.851. The van der Waals surface area contributed by atoms with Gasteiger partial charge in [-0.2, -0.15) is 0 Å². The van der Waals surface area contributed by atoms with Crippen molar-refractivity contribution in [2.75, 3.05) is 24.2 Å². The molecule has 2 aromatic heterocycles. The zero-order valence-electron chi connectivity index (χ0n) is 16.1. The molecule has 0 saturated carbocycles. The van der Waals surface area contributed by atoms with Gasteiger partial charge in [0.25, 0.3) is 0 Å². The standard InChI is InChI=1S/C18H26N6O2S/c1-4-27(25,26)24-9-7-14(8-10-24)21-18-19-11-13-5-6-15-17(16(13)22-18)23(3)12(2)20-15/h11,14H,4-10H2,1-3H3,(H,19,21,22). The van der Waals surface area contributed by atoms with Gasteiger partial charge in [0, 0.05) is 32.4 Å². The second-order valence-corrected chi connectivity index (χ2v) is 9.56. The van der Waals surface area contributed by atoms with Crippen LogP contribution in [0.5, 0.6) is 0 Å². The first-order valence-electron chi connectivity index (χ1n) is 9.52. The molecule has 2 aliphatic rings. The van der Waals surface area contributed by atoms with Crippen LogP contribution >= 0.6 is 0 Å². The number of piperidine rings is 1. The maximum Gasteiger partial charge on any atom is 0.223 e. The van der Waals surface area contributed by atoms with Crippen LogP contribution in [0.1, 0.15) is 36.8 Å². The summed E-state index contributed by atoms with van der Waals surface area (Å²) in [5.41, 5.74) is 4.30. The van der Waals surface area contributed by atoms with Gasteiger partial charge in [-0.3, -0.25) is 0 Å². The molecule has 0 spiro atoms. The number of fused-ring (bicyclic) bond motifs is 3. The summed E-state index contributed by atoms with van der Waals surface area (Å²) in [5.74, 6) is 1.76. The van der Waals surface area contributed by atoms with Crippen molar-refractivity contribution in [2.45, 2.75) is 45.6 Å². The minimum atomic E-state index is -3.10. The molecule has 9 heteroatoms.